The van der Waals surface area contributed by atoms with Gasteiger partial charge in [0.2, 0.25) is 0 Å². The van der Waals surface area contributed by atoms with Crippen LogP contribution >= 0.6 is 15.9 Å². The van der Waals surface area contributed by atoms with Gasteiger partial charge in [-0.05, 0) is 32.6 Å². The van der Waals surface area contributed by atoms with Gasteiger partial charge in [-0.15, -0.1) is 0 Å². The van der Waals surface area contributed by atoms with Gasteiger partial charge in [0.15, 0.2) is 5.78 Å². The number of unbranched alkanes of at least 4 members (excludes halogenated alkanes) is 12. The number of carbonyl (C=O) groups is 1. The normalized spacial score (nSPS) is 20.1. The van der Waals surface area contributed by atoms with Gasteiger partial charge in [-0.25, -0.2) is 0 Å². The van der Waals surface area contributed by atoms with Gasteiger partial charge in [-0.3, -0.25) is 4.79 Å². The van der Waals surface area contributed by atoms with Crippen LogP contribution in [0.3, 0.4) is 0 Å². The average Bonchev–Trinajstić information content (AvgIpc) is 2.70. The maximum Gasteiger partial charge on any atom is 0.167 e. The van der Waals surface area contributed by atoms with E-state index < -0.39 is 0 Å². The van der Waals surface area contributed by atoms with E-state index in [1.807, 2.05) is 6.92 Å². The van der Waals surface area contributed by atoms with Crippen LogP contribution in [0.1, 0.15) is 124 Å². The summed E-state index contributed by atoms with van der Waals surface area (Å²) in [5.74, 6) is 1.26. The highest BCUT2D eigenvalue weighted by molar-refractivity contribution is 9.09. The quantitative estimate of drug-likeness (QED) is 0.162. The van der Waals surface area contributed by atoms with Crippen molar-refractivity contribution in [2.24, 2.45) is 5.41 Å². The predicted octanol–water partition coefficient (Wildman–Crippen LogP) is 8.52. The Labute approximate surface area is 183 Å². The van der Waals surface area contributed by atoms with Crippen molar-refractivity contribution in [3.8, 4) is 0 Å². The molecule has 0 aromatic heterocycles. The molecule has 0 aromatic rings. The summed E-state index contributed by atoms with van der Waals surface area (Å²) >= 11 is 3.49. The third kappa shape index (κ3) is 9.94. The van der Waals surface area contributed by atoms with Crippen LogP contribution in [0.15, 0.2) is 11.3 Å². The summed E-state index contributed by atoms with van der Waals surface area (Å²) in [7, 11) is 0. The minimum atomic E-state index is -0.162. The average molecular weight is 458 g/mol. The van der Waals surface area contributed by atoms with Crippen molar-refractivity contribution >= 4 is 21.7 Å². The summed E-state index contributed by atoms with van der Waals surface area (Å²) < 4.78 is 5.97. The zero-order valence-corrected chi connectivity index (χ0v) is 20.5. The predicted molar refractivity (Wildman–Crippen MR) is 125 cm³/mol. The molecule has 0 spiro atoms. The van der Waals surface area contributed by atoms with Crippen molar-refractivity contribution in [3.05, 3.63) is 11.3 Å². The Balaban J connectivity index is 1.94. The van der Waals surface area contributed by atoms with E-state index in [-0.39, 0.29) is 5.41 Å². The zero-order valence-electron chi connectivity index (χ0n) is 18.9. The van der Waals surface area contributed by atoms with E-state index in [2.05, 4.69) is 29.8 Å². The van der Waals surface area contributed by atoms with Gasteiger partial charge in [0, 0.05) is 22.7 Å². The second kappa shape index (κ2) is 15.5. The van der Waals surface area contributed by atoms with Crippen LogP contribution in [0.25, 0.3) is 0 Å². The van der Waals surface area contributed by atoms with E-state index in [4.69, 9.17) is 4.74 Å². The van der Waals surface area contributed by atoms with E-state index in [1.54, 1.807) is 0 Å². The Morgan fingerprint density at radius 2 is 1.32 bits per heavy atom. The molecule has 0 N–H and O–H groups in total. The third-order valence-electron chi connectivity index (χ3n) is 6.55. The molecule has 0 saturated heterocycles. The molecule has 1 aliphatic rings. The molecule has 0 heterocycles. The highest BCUT2D eigenvalue weighted by Crippen LogP contribution is 2.38. The van der Waals surface area contributed by atoms with Crippen molar-refractivity contribution in [1.29, 1.82) is 0 Å². The van der Waals surface area contributed by atoms with Crippen molar-refractivity contribution < 1.29 is 9.53 Å². The number of rotatable bonds is 17. The van der Waals surface area contributed by atoms with E-state index in [9.17, 15) is 4.79 Å². The molecular weight excluding hydrogens is 412 g/mol. The summed E-state index contributed by atoms with van der Waals surface area (Å²) in [5, 5.41) is 1.16. The maximum atomic E-state index is 12.5. The summed E-state index contributed by atoms with van der Waals surface area (Å²) in [6.07, 6.45) is 20.5. The molecule has 1 atom stereocenters. The highest BCUT2D eigenvalue weighted by atomic mass is 79.9. The first kappa shape index (κ1) is 25.7. The zero-order chi connectivity index (χ0) is 20.7. The lowest BCUT2D eigenvalue weighted by Crippen LogP contribution is -2.32. The number of halogens is 1. The van der Waals surface area contributed by atoms with E-state index in [0.29, 0.717) is 5.78 Å². The van der Waals surface area contributed by atoms with Crippen LogP contribution in [0, 0.1) is 5.41 Å². The molecule has 1 aliphatic carbocycles. The summed E-state index contributed by atoms with van der Waals surface area (Å²) in [5.41, 5.74) is 0.711. The van der Waals surface area contributed by atoms with Crippen molar-refractivity contribution in [3.63, 3.8) is 0 Å². The Hall–Kier alpha value is -0.310. The largest absolute Gasteiger partial charge is 0.498 e. The van der Waals surface area contributed by atoms with Crippen LogP contribution in [-0.2, 0) is 9.53 Å². The first-order chi connectivity index (χ1) is 13.5. The van der Waals surface area contributed by atoms with Crippen molar-refractivity contribution in [1.82, 2.24) is 0 Å². The van der Waals surface area contributed by atoms with Gasteiger partial charge in [-0.2, -0.15) is 0 Å². The van der Waals surface area contributed by atoms with Crippen LogP contribution < -0.4 is 0 Å². The molecule has 2 nitrogen and oxygen atoms in total. The fourth-order valence-electron chi connectivity index (χ4n) is 4.12. The Bertz CT molecular complexity index is 457. The number of Topliss-reactive ketones (excluding diaryl/α,β-unsaturated/α-hetero) is 1. The molecule has 164 valence electrons. The maximum absolute atomic E-state index is 12.5. The molecule has 0 fully saturated rings. The van der Waals surface area contributed by atoms with Crippen molar-refractivity contribution in [2.45, 2.75) is 124 Å². The minimum absolute atomic E-state index is 0.162. The number of hydrogen-bond donors (Lipinski definition) is 0. The molecule has 0 bridgehead atoms. The number of ketones is 1. The number of alkyl halides is 1. The van der Waals surface area contributed by atoms with Gasteiger partial charge >= 0.3 is 0 Å². The molecule has 0 aliphatic heterocycles. The number of carbonyl (C=O) groups excluding carboxylic acids is 1. The fourth-order valence-corrected chi connectivity index (χ4v) is 4.52. The molecule has 1 unspecified atom stereocenters. The topological polar surface area (TPSA) is 26.3 Å². The molecular formula is C25H45BrO2. The van der Waals surface area contributed by atoms with E-state index in [0.717, 1.165) is 49.0 Å². The minimum Gasteiger partial charge on any atom is -0.498 e. The van der Waals surface area contributed by atoms with E-state index in [1.165, 1.54) is 77.0 Å². The van der Waals surface area contributed by atoms with Crippen LogP contribution in [0.5, 0.6) is 0 Å². The lowest BCUT2D eigenvalue weighted by molar-refractivity contribution is -0.125. The Morgan fingerprint density at radius 3 is 1.79 bits per heavy atom. The number of ether oxygens (including phenoxy) is 1. The standard InChI is InChI=1S/C25H45BrO2/c1-4-25(3)19-18-23(22(2)24(25)27)28-21-17-15-13-11-9-7-5-6-8-10-12-14-16-20-26/h4-21H2,1-3H3. The van der Waals surface area contributed by atoms with Crippen LogP contribution in [-0.4, -0.2) is 17.7 Å². The molecule has 0 saturated carbocycles. The van der Waals surface area contributed by atoms with Crippen molar-refractivity contribution in [2.75, 3.05) is 11.9 Å². The first-order valence-corrected chi connectivity index (χ1v) is 13.1. The first-order valence-electron chi connectivity index (χ1n) is 12.0. The molecule has 0 aromatic carbocycles. The van der Waals surface area contributed by atoms with Gasteiger partial charge < -0.3 is 4.74 Å². The lowest BCUT2D eigenvalue weighted by Gasteiger charge is -2.32. The number of hydrogen-bond acceptors (Lipinski definition) is 2. The summed E-state index contributed by atoms with van der Waals surface area (Å²) in [6.45, 7) is 6.94. The summed E-state index contributed by atoms with van der Waals surface area (Å²) in [6, 6.07) is 0. The number of allylic oxidation sites excluding steroid dienone is 2. The van der Waals surface area contributed by atoms with Gasteiger partial charge in [0.05, 0.1) is 6.61 Å². The Kier molecular flexibility index (Phi) is 14.3. The second-order valence-corrected chi connectivity index (χ2v) is 9.72. The highest BCUT2D eigenvalue weighted by Gasteiger charge is 2.37. The third-order valence-corrected chi connectivity index (χ3v) is 7.11. The van der Waals surface area contributed by atoms with Gasteiger partial charge in [-0.1, -0.05) is 100 Å². The molecule has 0 amide bonds. The van der Waals surface area contributed by atoms with Crippen LogP contribution in [0.4, 0.5) is 0 Å². The molecule has 0 radical (unpaired) electrons. The Morgan fingerprint density at radius 1 is 0.857 bits per heavy atom. The molecule has 3 heteroatoms. The molecule has 28 heavy (non-hydrogen) atoms. The summed E-state index contributed by atoms with van der Waals surface area (Å²) in [4.78, 5) is 12.5. The van der Waals surface area contributed by atoms with Gasteiger partial charge in [0.1, 0.15) is 5.76 Å². The lowest BCUT2D eigenvalue weighted by atomic mass is 9.72. The molecule has 1 rings (SSSR count). The SMILES string of the molecule is CCC1(C)CCC(OCCCCCCCCCCCCCCCBr)=C(C)C1=O. The smallest absolute Gasteiger partial charge is 0.167 e. The van der Waals surface area contributed by atoms with E-state index >= 15 is 0 Å². The fraction of sp³-hybridized carbons (Fsp3) is 0.880. The second-order valence-electron chi connectivity index (χ2n) is 8.93. The monoisotopic (exact) mass is 456 g/mol. The van der Waals surface area contributed by atoms with Gasteiger partial charge in [0.25, 0.3) is 0 Å². The van der Waals surface area contributed by atoms with Crippen LogP contribution in [0.2, 0.25) is 0 Å².